The summed E-state index contributed by atoms with van der Waals surface area (Å²) in [6.45, 7) is 7.57. The Bertz CT molecular complexity index is 656. The second-order valence-electron chi connectivity index (χ2n) is 8.04. The fraction of sp³-hybridized carbons (Fsp3) is 0.636. The molecule has 156 valence electrons. The van der Waals surface area contributed by atoms with Crippen LogP contribution in [0.2, 0.25) is 0 Å². The summed E-state index contributed by atoms with van der Waals surface area (Å²) in [6, 6.07) is 9.01. The highest BCUT2D eigenvalue weighted by atomic mass is 127. The predicted octanol–water partition coefficient (Wildman–Crippen LogP) is 4.06. The van der Waals surface area contributed by atoms with Crippen LogP contribution in [0.3, 0.4) is 0 Å². The number of nitrogens with one attached hydrogen (secondary N) is 2. The number of likely N-dealkylation sites (tertiary alicyclic amines) is 1. The van der Waals surface area contributed by atoms with Gasteiger partial charge in [-0.1, -0.05) is 31.2 Å². The molecule has 0 bridgehead atoms. The summed E-state index contributed by atoms with van der Waals surface area (Å²) in [6.07, 6.45) is 6.74. The average Bonchev–Trinajstić information content (AvgIpc) is 3.07. The van der Waals surface area contributed by atoms with Gasteiger partial charge in [0.1, 0.15) is 0 Å². The molecule has 2 N–H and O–H groups in total. The van der Waals surface area contributed by atoms with Crippen LogP contribution < -0.4 is 10.6 Å². The van der Waals surface area contributed by atoms with Gasteiger partial charge < -0.3 is 15.5 Å². The van der Waals surface area contributed by atoms with Crippen molar-refractivity contribution in [2.24, 2.45) is 10.9 Å². The summed E-state index contributed by atoms with van der Waals surface area (Å²) >= 11 is 0. The Hall–Kier alpha value is -1.31. The highest BCUT2D eigenvalue weighted by Gasteiger charge is 2.20. The molecule has 1 saturated carbocycles. The monoisotopic (exact) mass is 498 g/mol. The topological polar surface area (TPSA) is 56.7 Å². The van der Waals surface area contributed by atoms with Gasteiger partial charge in [-0.3, -0.25) is 4.79 Å². The van der Waals surface area contributed by atoms with Crippen molar-refractivity contribution in [2.45, 2.75) is 71.5 Å². The average molecular weight is 498 g/mol. The van der Waals surface area contributed by atoms with Gasteiger partial charge in [0.2, 0.25) is 5.91 Å². The Labute approximate surface area is 186 Å². The molecule has 0 atom stereocenters. The molecule has 1 aromatic rings. The Morgan fingerprint density at radius 3 is 2.64 bits per heavy atom. The quantitative estimate of drug-likeness (QED) is 0.354. The number of carbonyl (C=O) groups is 1. The summed E-state index contributed by atoms with van der Waals surface area (Å²) in [5.74, 6) is 2.05. The van der Waals surface area contributed by atoms with Crippen LogP contribution in [0.5, 0.6) is 0 Å². The normalized spacial score (nSPS) is 22.7. The zero-order valence-corrected chi connectivity index (χ0v) is 19.6. The smallest absolute Gasteiger partial charge is 0.222 e. The fourth-order valence-electron chi connectivity index (χ4n) is 4.01. The highest BCUT2D eigenvalue weighted by Crippen LogP contribution is 2.23. The molecule has 1 heterocycles. The third kappa shape index (κ3) is 6.94. The van der Waals surface area contributed by atoms with E-state index in [1.54, 1.807) is 0 Å². The van der Waals surface area contributed by atoms with E-state index in [1.165, 1.54) is 36.8 Å². The van der Waals surface area contributed by atoms with E-state index in [4.69, 9.17) is 4.99 Å². The van der Waals surface area contributed by atoms with Crippen molar-refractivity contribution >= 4 is 35.8 Å². The maximum atomic E-state index is 11.8. The minimum absolute atomic E-state index is 0. The predicted molar refractivity (Wildman–Crippen MR) is 126 cm³/mol. The molecule has 0 unspecified atom stereocenters. The van der Waals surface area contributed by atoms with Crippen molar-refractivity contribution < 1.29 is 4.79 Å². The molecule has 3 rings (SSSR count). The molecule has 0 radical (unpaired) electrons. The first-order chi connectivity index (χ1) is 13.1. The third-order valence-corrected chi connectivity index (χ3v) is 5.66. The van der Waals surface area contributed by atoms with Gasteiger partial charge in [0.05, 0.1) is 6.54 Å². The molecule has 1 aliphatic carbocycles. The van der Waals surface area contributed by atoms with Crippen LogP contribution in [0.15, 0.2) is 29.3 Å². The molecule has 1 aromatic carbocycles. The molecular weight excluding hydrogens is 463 g/mol. The summed E-state index contributed by atoms with van der Waals surface area (Å²) in [5.41, 5.74) is 2.38. The lowest BCUT2D eigenvalue weighted by Gasteiger charge is -2.28. The Balaban J connectivity index is 0.00000280. The number of hydrogen-bond acceptors (Lipinski definition) is 2. The number of rotatable bonds is 6. The number of benzene rings is 1. The molecule has 0 spiro atoms. The second kappa shape index (κ2) is 11.6. The minimum atomic E-state index is 0. The van der Waals surface area contributed by atoms with Gasteiger partial charge in [-0.05, 0) is 56.1 Å². The van der Waals surface area contributed by atoms with Crippen molar-refractivity contribution in [1.29, 1.82) is 0 Å². The first-order valence-electron chi connectivity index (χ1n) is 10.5. The lowest BCUT2D eigenvalue weighted by atomic mass is 9.87. The summed E-state index contributed by atoms with van der Waals surface area (Å²) < 4.78 is 0. The van der Waals surface area contributed by atoms with Crippen molar-refractivity contribution in [3.05, 3.63) is 35.4 Å². The van der Waals surface area contributed by atoms with Gasteiger partial charge in [0.15, 0.2) is 5.96 Å². The summed E-state index contributed by atoms with van der Waals surface area (Å²) in [5, 5.41) is 6.99. The molecule has 5 nitrogen and oxygen atoms in total. The van der Waals surface area contributed by atoms with Crippen LogP contribution in [0.1, 0.15) is 63.5 Å². The summed E-state index contributed by atoms with van der Waals surface area (Å²) in [7, 11) is 0. The summed E-state index contributed by atoms with van der Waals surface area (Å²) in [4.78, 5) is 18.6. The Kier molecular flexibility index (Phi) is 9.55. The first-order valence-corrected chi connectivity index (χ1v) is 10.5. The molecule has 1 aliphatic heterocycles. The molecule has 2 fully saturated rings. The molecule has 2 aliphatic rings. The number of halogens is 1. The van der Waals surface area contributed by atoms with Crippen LogP contribution in [-0.2, 0) is 17.9 Å². The van der Waals surface area contributed by atoms with Crippen molar-refractivity contribution in [2.75, 3.05) is 13.1 Å². The first kappa shape index (κ1) is 23.0. The largest absolute Gasteiger partial charge is 0.357 e. The number of guanidine groups is 1. The van der Waals surface area contributed by atoms with E-state index in [-0.39, 0.29) is 29.9 Å². The van der Waals surface area contributed by atoms with Crippen LogP contribution in [0.4, 0.5) is 0 Å². The second-order valence-corrected chi connectivity index (χ2v) is 8.04. The van der Waals surface area contributed by atoms with E-state index in [1.807, 2.05) is 4.90 Å². The third-order valence-electron chi connectivity index (χ3n) is 5.66. The van der Waals surface area contributed by atoms with Crippen LogP contribution >= 0.6 is 24.0 Å². The van der Waals surface area contributed by atoms with E-state index in [0.717, 1.165) is 37.9 Å². The molecule has 28 heavy (non-hydrogen) atoms. The highest BCUT2D eigenvalue weighted by molar-refractivity contribution is 14.0. The van der Waals surface area contributed by atoms with E-state index in [9.17, 15) is 4.79 Å². The maximum Gasteiger partial charge on any atom is 0.222 e. The lowest BCUT2D eigenvalue weighted by molar-refractivity contribution is -0.128. The number of aliphatic imine (C=N–C) groups is 1. The van der Waals surface area contributed by atoms with Crippen LogP contribution in [0, 0.1) is 5.92 Å². The van der Waals surface area contributed by atoms with Crippen LogP contribution in [0.25, 0.3) is 0 Å². The minimum Gasteiger partial charge on any atom is -0.357 e. The molecule has 1 saturated heterocycles. The van der Waals surface area contributed by atoms with E-state index >= 15 is 0 Å². The number of hydrogen-bond donors (Lipinski definition) is 2. The number of carbonyl (C=O) groups excluding carboxylic acids is 1. The maximum absolute atomic E-state index is 11.8. The molecule has 1 amide bonds. The molecule has 6 heteroatoms. The van der Waals surface area contributed by atoms with Crippen molar-refractivity contribution in [1.82, 2.24) is 15.5 Å². The van der Waals surface area contributed by atoms with Crippen molar-refractivity contribution in [3.8, 4) is 0 Å². The zero-order valence-electron chi connectivity index (χ0n) is 17.2. The Morgan fingerprint density at radius 2 is 1.96 bits per heavy atom. The molecular formula is C22H35IN4O. The number of amides is 1. The zero-order chi connectivity index (χ0) is 19.1. The van der Waals surface area contributed by atoms with Crippen LogP contribution in [-0.4, -0.2) is 35.9 Å². The van der Waals surface area contributed by atoms with Gasteiger partial charge >= 0.3 is 0 Å². The fourth-order valence-corrected chi connectivity index (χ4v) is 4.01. The van der Waals surface area contributed by atoms with Gasteiger partial charge in [-0.2, -0.15) is 0 Å². The van der Waals surface area contributed by atoms with E-state index in [0.29, 0.717) is 19.0 Å². The number of nitrogens with zero attached hydrogens (tertiary/aromatic N) is 2. The SMILES string of the molecule is CCNC(=NCc1cccc(CN2CCCC2=O)c1)NC1CCC(C)CC1.I. The van der Waals surface area contributed by atoms with Gasteiger partial charge in [0.25, 0.3) is 0 Å². The van der Waals surface area contributed by atoms with Crippen molar-refractivity contribution in [3.63, 3.8) is 0 Å². The van der Waals surface area contributed by atoms with E-state index in [2.05, 4.69) is 48.7 Å². The Morgan fingerprint density at radius 1 is 1.21 bits per heavy atom. The van der Waals surface area contributed by atoms with E-state index < -0.39 is 0 Å². The molecule has 0 aromatic heterocycles. The van der Waals surface area contributed by atoms with Gasteiger partial charge in [0, 0.05) is 32.1 Å². The van der Waals surface area contributed by atoms with Gasteiger partial charge in [-0.15, -0.1) is 24.0 Å². The lowest BCUT2D eigenvalue weighted by Crippen LogP contribution is -2.44. The van der Waals surface area contributed by atoms with Gasteiger partial charge in [-0.25, -0.2) is 4.99 Å². The standard InChI is InChI=1S/C22H34N4O.HI/c1-3-23-22(25-20-11-9-17(2)10-12-20)24-15-18-6-4-7-19(14-18)16-26-13-5-8-21(26)27;/h4,6-7,14,17,20H,3,5,8-13,15-16H2,1-2H3,(H2,23,24,25);1H.